The number of rotatable bonds is 8. The molecule has 0 N–H and O–H groups in total. The number of aromatic nitrogens is 3. The van der Waals surface area contributed by atoms with E-state index < -0.39 is 9.84 Å². The van der Waals surface area contributed by atoms with Gasteiger partial charge < -0.3 is 13.9 Å². The molecule has 0 saturated carbocycles. The first-order chi connectivity index (χ1) is 15.8. The Bertz CT molecular complexity index is 1210. The van der Waals surface area contributed by atoms with Gasteiger partial charge in [0.1, 0.15) is 5.69 Å². The fraction of sp³-hybridized carbons (Fsp3) is 0.333. The van der Waals surface area contributed by atoms with Crippen LogP contribution in [0.1, 0.15) is 35.7 Å². The van der Waals surface area contributed by atoms with Crippen molar-refractivity contribution in [1.82, 2.24) is 19.4 Å². The van der Waals surface area contributed by atoms with Crippen molar-refractivity contribution in [2.24, 2.45) is 0 Å². The fourth-order valence-electron chi connectivity index (χ4n) is 4.04. The molecule has 33 heavy (non-hydrogen) atoms. The quantitative estimate of drug-likeness (QED) is 0.501. The highest BCUT2D eigenvalue weighted by molar-refractivity contribution is 7.90. The highest BCUT2D eigenvalue weighted by Crippen LogP contribution is 2.24. The van der Waals surface area contributed by atoms with E-state index in [1.807, 2.05) is 24.7 Å². The lowest BCUT2D eigenvalue weighted by Gasteiger charge is -2.34. The van der Waals surface area contributed by atoms with Crippen LogP contribution in [0.15, 0.2) is 59.3 Å². The van der Waals surface area contributed by atoms with Crippen LogP contribution >= 0.6 is 0 Å². The Morgan fingerprint density at radius 2 is 1.82 bits per heavy atom. The SMILES string of the molecule is C=Cc1nc(N2CCN(Cc3cncn3C(C)c3ccc(S(C)(=O)=O)cc3)CC2)oc1C=C. The molecule has 1 fully saturated rings. The molecule has 1 aliphatic heterocycles. The first kappa shape index (κ1) is 23.0. The molecule has 0 spiro atoms. The summed E-state index contributed by atoms with van der Waals surface area (Å²) in [4.78, 5) is 13.7. The first-order valence-electron chi connectivity index (χ1n) is 10.8. The highest BCUT2D eigenvalue weighted by atomic mass is 32.2. The molecule has 3 aromatic rings. The zero-order chi connectivity index (χ0) is 23.6. The normalized spacial score (nSPS) is 16.0. The fourth-order valence-corrected chi connectivity index (χ4v) is 4.67. The van der Waals surface area contributed by atoms with E-state index in [0.29, 0.717) is 22.4 Å². The van der Waals surface area contributed by atoms with E-state index >= 15 is 0 Å². The number of nitrogens with zero attached hydrogens (tertiary/aromatic N) is 5. The molecule has 2 aromatic heterocycles. The second-order valence-corrected chi connectivity index (χ2v) is 10.2. The molecule has 0 bridgehead atoms. The standard InChI is InChI=1S/C24H29N5O3S/c1-5-22-23(6-2)32-24(26-22)28-13-11-27(12-14-28)16-20-15-25-17-29(20)18(3)19-7-9-21(10-8-19)33(4,30)31/h5-10,15,17-18H,1-2,11-14,16H2,3-4H3. The van der Waals surface area contributed by atoms with E-state index in [2.05, 4.69) is 44.4 Å². The molecule has 0 aliphatic carbocycles. The Morgan fingerprint density at radius 1 is 1.12 bits per heavy atom. The van der Waals surface area contributed by atoms with E-state index in [1.54, 1.807) is 24.3 Å². The third kappa shape index (κ3) is 4.94. The second kappa shape index (κ2) is 9.36. The molecule has 1 aliphatic rings. The van der Waals surface area contributed by atoms with Crippen LogP contribution in [0.5, 0.6) is 0 Å². The molecule has 0 radical (unpaired) electrons. The minimum Gasteiger partial charge on any atom is -0.423 e. The lowest BCUT2D eigenvalue weighted by molar-refractivity contribution is 0.238. The summed E-state index contributed by atoms with van der Waals surface area (Å²) in [6.07, 6.45) is 8.28. The Balaban J connectivity index is 1.40. The average Bonchev–Trinajstić information content (AvgIpc) is 3.45. The minimum atomic E-state index is -3.21. The molecule has 174 valence electrons. The molecule has 4 rings (SSSR count). The summed E-state index contributed by atoms with van der Waals surface area (Å²) < 4.78 is 31.4. The van der Waals surface area contributed by atoms with Gasteiger partial charge in [-0.25, -0.2) is 13.4 Å². The van der Waals surface area contributed by atoms with Crippen molar-refractivity contribution >= 4 is 28.0 Å². The van der Waals surface area contributed by atoms with Crippen molar-refractivity contribution < 1.29 is 12.8 Å². The molecule has 3 heterocycles. The molecule has 8 nitrogen and oxygen atoms in total. The van der Waals surface area contributed by atoms with Crippen LogP contribution < -0.4 is 4.90 Å². The van der Waals surface area contributed by atoms with Crippen molar-refractivity contribution in [3.8, 4) is 0 Å². The number of benzene rings is 1. The number of hydrogen-bond donors (Lipinski definition) is 0. The molecule has 0 amide bonds. The van der Waals surface area contributed by atoms with Gasteiger partial charge in [0.2, 0.25) is 0 Å². The third-order valence-corrected chi connectivity index (χ3v) is 7.16. The number of anilines is 1. The molecule has 9 heteroatoms. The van der Waals surface area contributed by atoms with E-state index in [0.717, 1.165) is 44.0 Å². The Kier molecular flexibility index (Phi) is 6.53. The number of oxazole rings is 1. The van der Waals surface area contributed by atoms with Crippen LogP contribution in [0.4, 0.5) is 6.01 Å². The minimum absolute atomic E-state index is 0.0411. The summed E-state index contributed by atoms with van der Waals surface area (Å²) in [6.45, 7) is 13.8. The second-order valence-electron chi connectivity index (χ2n) is 8.23. The summed E-state index contributed by atoms with van der Waals surface area (Å²) in [7, 11) is -3.21. The smallest absolute Gasteiger partial charge is 0.298 e. The third-order valence-electron chi connectivity index (χ3n) is 6.03. The van der Waals surface area contributed by atoms with Gasteiger partial charge in [-0.3, -0.25) is 4.90 Å². The Morgan fingerprint density at radius 3 is 2.39 bits per heavy atom. The molecule has 1 saturated heterocycles. The lowest BCUT2D eigenvalue weighted by Crippen LogP contribution is -2.46. The van der Waals surface area contributed by atoms with Gasteiger partial charge in [-0.2, -0.15) is 4.98 Å². The van der Waals surface area contributed by atoms with E-state index in [1.165, 1.54) is 6.26 Å². The van der Waals surface area contributed by atoms with Crippen molar-refractivity contribution in [1.29, 1.82) is 0 Å². The van der Waals surface area contributed by atoms with Gasteiger partial charge in [0.05, 0.1) is 23.0 Å². The lowest BCUT2D eigenvalue weighted by atomic mass is 10.1. The van der Waals surface area contributed by atoms with Crippen LogP contribution in [0.2, 0.25) is 0 Å². The maximum absolute atomic E-state index is 11.7. The maximum atomic E-state index is 11.7. The van der Waals surface area contributed by atoms with Gasteiger partial charge in [0.25, 0.3) is 6.01 Å². The summed E-state index contributed by atoms with van der Waals surface area (Å²) in [5.74, 6) is 0.643. The first-order valence-corrected chi connectivity index (χ1v) is 12.7. The highest BCUT2D eigenvalue weighted by Gasteiger charge is 2.23. The predicted octanol–water partition coefficient (Wildman–Crippen LogP) is 3.49. The summed E-state index contributed by atoms with van der Waals surface area (Å²) >= 11 is 0. The Labute approximate surface area is 194 Å². The van der Waals surface area contributed by atoms with Crippen molar-refractivity contribution in [3.05, 3.63) is 72.7 Å². The number of piperazine rings is 1. The van der Waals surface area contributed by atoms with Gasteiger partial charge in [-0.1, -0.05) is 25.3 Å². The Hall–Kier alpha value is -3.17. The predicted molar refractivity (Wildman–Crippen MR) is 130 cm³/mol. The molecular formula is C24H29N5O3S. The molecular weight excluding hydrogens is 438 g/mol. The van der Waals surface area contributed by atoms with E-state index in [-0.39, 0.29) is 6.04 Å². The van der Waals surface area contributed by atoms with Crippen LogP contribution in [-0.2, 0) is 16.4 Å². The van der Waals surface area contributed by atoms with Crippen LogP contribution in [0, 0.1) is 0 Å². The number of hydrogen-bond acceptors (Lipinski definition) is 7. The van der Waals surface area contributed by atoms with Gasteiger partial charge in [-0.15, -0.1) is 0 Å². The monoisotopic (exact) mass is 467 g/mol. The molecule has 1 aromatic carbocycles. The molecule has 1 atom stereocenters. The van der Waals surface area contributed by atoms with Gasteiger partial charge >= 0.3 is 0 Å². The van der Waals surface area contributed by atoms with Gasteiger partial charge in [0.15, 0.2) is 15.6 Å². The van der Waals surface area contributed by atoms with Crippen molar-refractivity contribution in [3.63, 3.8) is 0 Å². The molecule has 1 unspecified atom stereocenters. The number of sulfone groups is 1. The van der Waals surface area contributed by atoms with Crippen molar-refractivity contribution in [2.45, 2.75) is 24.4 Å². The van der Waals surface area contributed by atoms with Crippen LogP contribution in [-0.4, -0.2) is 60.3 Å². The van der Waals surface area contributed by atoms with E-state index in [4.69, 9.17) is 4.42 Å². The van der Waals surface area contributed by atoms with Crippen molar-refractivity contribution in [2.75, 3.05) is 37.3 Å². The van der Waals surface area contributed by atoms with E-state index in [9.17, 15) is 8.42 Å². The zero-order valence-corrected chi connectivity index (χ0v) is 19.8. The summed E-state index contributed by atoms with van der Waals surface area (Å²) in [6, 6.07) is 7.71. The summed E-state index contributed by atoms with van der Waals surface area (Å²) in [5.41, 5.74) is 2.86. The van der Waals surface area contributed by atoms with Crippen LogP contribution in [0.3, 0.4) is 0 Å². The maximum Gasteiger partial charge on any atom is 0.298 e. The number of imidazole rings is 1. The van der Waals surface area contributed by atoms with Gasteiger partial charge in [-0.05, 0) is 36.8 Å². The largest absolute Gasteiger partial charge is 0.423 e. The average molecular weight is 468 g/mol. The van der Waals surface area contributed by atoms with Gasteiger partial charge in [0, 0.05) is 45.2 Å². The summed E-state index contributed by atoms with van der Waals surface area (Å²) in [5, 5.41) is 0. The zero-order valence-electron chi connectivity index (χ0n) is 19.0. The topological polar surface area (TPSA) is 84.5 Å². The van der Waals surface area contributed by atoms with Crippen LogP contribution in [0.25, 0.3) is 12.2 Å².